The van der Waals surface area contributed by atoms with Crippen LogP contribution in [0.4, 0.5) is 11.6 Å². The average molecular weight is 491 g/mol. The molecule has 0 radical (unpaired) electrons. The second kappa shape index (κ2) is 14.2. The van der Waals surface area contributed by atoms with Crippen LogP contribution in [0.15, 0.2) is 61.6 Å². The molecular formula is C28H38N6S. The van der Waals surface area contributed by atoms with Crippen molar-refractivity contribution in [2.45, 2.75) is 40.7 Å². The Kier molecular flexibility index (Phi) is 11.3. The molecule has 1 fully saturated rings. The molecule has 0 amide bonds. The third kappa shape index (κ3) is 7.60. The molecule has 6 nitrogen and oxygen atoms in total. The number of anilines is 2. The largest absolute Gasteiger partial charge is 0.373 e. The van der Waals surface area contributed by atoms with E-state index in [4.69, 9.17) is 5.73 Å². The first-order valence-electron chi connectivity index (χ1n) is 12.1. The number of fused-ring (bicyclic) bond motifs is 1. The monoisotopic (exact) mass is 490 g/mol. The van der Waals surface area contributed by atoms with Gasteiger partial charge in [0.25, 0.3) is 0 Å². The van der Waals surface area contributed by atoms with Gasteiger partial charge in [0.2, 0.25) is 0 Å². The number of hydrogen-bond acceptors (Lipinski definition) is 7. The summed E-state index contributed by atoms with van der Waals surface area (Å²) in [6, 6.07) is 12.8. The molecule has 0 saturated carbocycles. The number of nitrogens with one attached hydrogen (secondary N) is 1. The van der Waals surface area contributed by atoms with Gasteiger partial charge in [-0.3, -0.25) is 0 Å². The van der Waals surface area contributed by atoms with Crippen LogP contribution in [0, 0.1) is 6.92 Å². The Labute approximate surface area is 214 Å². The van der Waals surface area contributed by atoms with Gasteiger partial charge in [0, 0.05) is 50.2 Å². The number of thiazole rings is 1. The molecule has 0 atom stereocenters. The van der Waals surface area contributed by atoms with Gasteiger partial charge in [-0.25, -0.2) is 15.0 Å². The van der Waals surface area contributed by atoms with E-state index in [1.165, 1.54) is 15.8 Å². The fourth-order valence-corrected chi connectivity index (χ4v) is 4.13. The number of hydrogen-bond donors (Lipinski definition) is 2. The summed E-state index contributed by atoms with van der Waals surface area (Å²) < 4.78 is 0. The molecule has 0 aliphatic carbocycles. The molecule has 35 heavy (non-hydrogen) atoms. The highest BCUT2D eigenvalue weighted by Crippen LogP contribution is 2.29. The SMILES string of the molecule is C=Cc1ccnc(N2CC(N)C2)c1.CC.CC.CNc1cc2cc(-c3cnc(C)s3)ccc2cn1. The van der Waals surface area contributed by atoms with Crippen molar-refractivity contribution in [2.75, 3.05) is 30.4 Å². The summed E-state index contributed by atoms with van der Waals surface area (Å²) in [4.78, 5) is 16.2. The molecule has 3 N–H and O–H groups in total. The third-order valence-electron chi connectivity index (χ3n) is 5.12. The molecule has 3 aromatic heterocycles. The molecule has 4 aromatic rings. The topological polar surface area (TPSA) is 80.0 Å². The zero-order valence-electron chi connectivity index (χ0n) is 21.7. The summed E-state index contributed by atoms with van der Waals surface area (Å²) in [5.41, 5.74) is 8.00. The van der Waals surface area contributed by atoms with Crippen molar-refractivity contribution in [1.82, 2.24) is 15.0 Å². The molecule has 186 valence electrons. The lowest BCUT2D eigenvalue weighted by molar-refractivity contribution is 0.514. The van der Waals surface area contributed by atoms with E-state index in [-0.39, 0.29) is 0 Å². The third-order valence-corrected chi connectivity index (χ3v) is 6.08. The Hall–Kier alpha value is -3.29. The quantitative estimate of drug-likeness (QED) is 0.334. The zero-order chi connectivity index (χ0) is 25.8. The molecule has 1 saturated heterocycles. The molecule has 5 rings (SSSR count). The number of aryl methyl sites for hydroxylation is 1. The van der Waals surface area contributed by atoms with E-state index in [0.717, 1.165) is 40.7 Å². The van der Waals surface area contributed by atoms with Crippen LogP contribution >= 0.6 is 11.3 Å². The lowest BCUT2D eigenvalue weighted by atomic mass is 10.1. The number of aromatic nitrogens is 3. The lowest BCUT2D eigenvalue weighted by Gasteiger charge is -2.37. The van der Waals surface area contributed by atoms with Crippen LogP contribution in [0.1, 0.15) is 38.3 Å². The maximum absolute atomic E-state index is 5.69. The summed E-state index contributed by atoms with van der Waals surface area (Å²) in [6.07, 6.45) is 7.45. The molecule has 7 heteroatoms. The summed E-state index contributed by atoms with van der Waals surface area (Å²) in [6.45, 7) is 15.6. The van der Waals surface area contributed by atoms with Crippen LogP contribution in [0.25, 0.3) is 27.3 Å². The van der Waals surface area contributed by atoms with E-state index in [1.807, 2.05) is 72.3 Å². The normalized spacial score (nSPS) is 12.1. The molecule has 1 aromatic carbocycles. The van der Waals surface area contributed by atoms with Gasteiger partial charge < -0.3 is 16.0 Å². The highest BCUT2D eigenvalue weighted by atomic mass is 32.1. The van der Waals surface area contributed by atoms with Crippen molar-refractivity contribution in [3.8, 4) is 10.4 Å². The van der Waals surface area contributed by atoms with Crippen molar-refractivity contribution < 1.29 is 0 Å². The Morgan fingerprint density at radius 3 is 2.34 bits per heavy atom. The second-order valence-electron chi connectivity index (χ2n) is 7.44. The molecule has 1 aliphatic rings. The summed E-state index contributed by atoms with van der Waals surface area (Å²) >= 11 is 1.72. The van der Waals surface area contributed by atoms with E-state index >= 15 is 0 Å². The first-order chi connectivity index (χ1) is 17.1. The maximum Gasteiger partial charge on any atom is 0.129 e. The summed E-state index contributed by atoms with van der Waals surface area (Å²) in [5.74, 6) is 1.89. The Bertz CT molecular complexity index is 1200. The highest BCUT2D eigenvalue weighted by Gasteiger charge is 2.23. The maximum atomic E-state index is 5.69. The lowest BCUT2D eigenvalue weighted by Crippen LogP contribution is -2.56. The van der Waals surface area contributed by atoms with Crippen molar-refractivity contribution >= 4 is 39.8 Å². The fraction of sp³-hybridized carbons (Fsp3) is 0.321. The van der Waals surface area contributed by atoms with Gasteiger partial charge in [-0.1, -0.05) is 52.5 Å². The van der Waals surface area contributed by atoms with Gasteiger partial charge in [0.15, 0.2) is 0 Å². The van der Waals surface area contributed by atoms with Crippen LogP contribution < -0.4 is 16.0 Å². The van der Waals surface area contributed by atoms with Crippen LogP contribution in [0.5, 0.6) is 0 Å². The Morgan fingerprint density at radius 1 is 1.00 bits per heavy atom. The first kappa shape index (κ1) is 28.0. The number of nitrogens with zero attached hydrogens (tertiary/aromatic N) is 4. The summed E-state index contributed by atoms with van der Waals surface area (Å²) in [7, 11) is 1.88. The fourth-order valence-electron chi connectivity index (χ4n) is 3.36. The predicted octanol–water partition coefficient (Wildman–Crippen LogP) is 6.63. The van der Waals surface area contributed by atoms with Gasteiger partial charge in [-0.15, -0.1) is 11.3 Å². The first-order valence-corrected chi connectivity index (χ1v) is 13.0. The average Bonchev–Trinajstić information content (AvgIpc) is 3.35. The molecule has 4 heterocycles. The molecular weight excluding hydrogens is 452 g/mol. The van der Waals surface area contributed by atoms with Crippen molar-refractivity contribution in [3.63, 3.8) is 0 Å². The smallest absolute Gasteiger partial charge is 0.129 e. The summed E-state index contributed by atoms with van der Waals surface area (Å²) in [5, 5.41) is 6.50. The molecule has 0 spiro atoms. The number of nitrogens with two attached hydrogens (primary N) is 1. The number of rotatable bonds is 4. The van der Waals surface area contributed by atoms with E-state index in [0.29, 0.717) is 6.04 Å². The minimum atomic E-state index is 0.314. The Balaban J connectivity index is 0.000000225. The van der Waals surface area contributed by atoms with Crippen LogP contribution in [0.2, 0.25) is 0 Å². The molecule has 0 bridgehead atoms. The molecule has 0 unspecified atom stereocenters. The molecule has 1 aliphatic heterocycles. The van der Waals surface area contributed by atoms with Gasteiger partial charge >= 0.3 is 0 Å². The van der Waals surface area contributed by atoms with Crippen LogP contribution in [0.3, 0.4) is 0 Å². The van der Waals surface area contributed by atoms with Crippen molar-refractivity contribution in [1.29, 1.82) is 0 Å². The zero-order valence-corrected chi connectivity index (χ0v) is 22.6. The van der Waals surface area contributed by atoms with E-state index in [1.54, 1.807) is 17.5 Å². The minimum Gasteiger partial charge on any atom is -0.373 e. The van der Waals surface area contributed by atoms with Gasteiger partial charge in [0.05, 0.1) is 9.88 Å². The van der Waals surface area contributed by atoms with E-state index in [9.17, 15) is 0 Å². The van der Waals surface area contributed by atoms with E-state index < -0.39 is 0 Å². The van der Waals surface area contributed by atoms with Gasteiger partial charge in [0.1, 0.15) is 11.6 Å². The minimum absolute atomic E-state index is 0.314. The Morgan fingerprint density at radius 2 is 1.74 bits per heavy atom. The van der Waals surface area contributed by atoms with Gasteiger partial charge in [-0.2, -0.15) is 0 Å². The van der Waals surface area contributed by atoms with Crippen LogP contribution in [-0.2, 0) is 0 Å². The van der Waals surface area contributed by atoms with E-state index in [2.05, 4.69) is 56.0 Å². The highest BCUT2D eigenvalue weighted by molar-refractivity contribution is 7.15. The predicted molar refractivity (Wildman–Crippen MR) is 154 cm³/mol. The van der Waals surface area contributed by atoms with Crippen molar-refractivity contribution in [2.24, 2.45) is 5.73 Å². The number of pyridine rings is 2. The van der Waals surface area contributed by atoms with Gasteiger partial charge in [-0.05, 0) is 47.7 Å². The van der Waals surface area contributed by atoms with Crippen LogP contribution in [-0.4, -0.2) is 41.1 Å². The standard InChI is InChI=1S/C14H13N3S.C10H13N3.2C2H6/c1-9-16-8-13(18-9)10-3-4-11-7-17-14(15-2)6-12(11)5-10;1-2-8-3-4-12-10(5-8)13-6-9(11)7-13;2*1-2/h3-8H,1-2H3,(H,15,17);2-5,9H,1,6-7,11H2;2*1-2H3. The second-order valence-corrected chi connectivity index (χ2v) is 8.68. The van der Waals surface area contributed by atoms with Crippen molar-refractivity contribution in [3.05, 3.63) is 72.1 Å². The number of benzene rings is 1.